The highest BCUT2D eigenvalue weighted by Crippen LogP contribution is 2.15. The second-order valence-corrected chi connectivity index (χ2v) is 5.39. The van der Waals surface area contributed by atoms with Gasteiger partial charge in [0, 0.05) is 24.2 Å². The van der Waals surface area contributed by atoms with Gasteiger partial charge in [-0.2, -0.15) is 0 Å². The van der Waals surface area contributed by atoms with Crippen molar-refractivity contribution in [3.05, 3.63) is 16.1 Å². The van der Waals surface area contributed by atoms with Gasteiger partial charge in [-0.05, 0) is 25.2 Å². The van der Waals surface area contributed by atoms with Crippen molar-refractivity contribution in [2.45, 2.75) is 26.2 Å². The Morgan fingerprint density at radius 1 is 1.71 bits per heavy atom. The van der Waals surface area contributed by atoms with Crippen LogP contribution in [0.1, 0.15) is 34.4 Å². The van der Waals surface area contributed by atoms with Gasteiger partial charge in [-0.3, -0.25) is 4.79 Å². The van der Waals surface area contributed by atoms with Crippen molar-refractivity contribution >= 4 is 17.2 Å². The Morgan fingerprint density at radius 3 is 3.24 bits per heavy atom. The Hall–Kier alpha value is -0.940. The van der Waals surface area contributed by atoms with E-state index in [4.69, 9.17) is 4.74 Å². The number of carbonyl (C=O) groups excluding carboxylic acids is 1. The molecule has 17 heavy (non-hydrogen) atoms. The lowest BCUT2D eigenvalue weighted by molar-refractivity contribution is 0.0536. The summed E-state index contributed by atoms with van der Waals surface area (Å²) in [6.07, 6.45) is 4.95. The average Bonchev–Trinajstić information content (AvgIpc) is 2.86. The average molecular weight is 254 g/mol. The van der Waals surface area contributed by atoms with E-state index in [1.54, 1.807) is 6.20 Å². The highest BCUT2D eigenvalue weighted by molar-refractivity contribution is 7.13. The Balaban J connectivity index is 1.80. The van der Waals surface area contributed by atoms with Crippen LogP contribution in [0.15, 0.2) is 6.20 Å². The molecule has 1 amide bonds. The maximum Gasteiger partial charge on any atom is 0.280 e. The van der Waals surface area contributed by atoms with Gasteiger partial charge in [0.2, 0.25) is 0 Å². The molecule has 0 spiro atoms. The number of carbonyl (C=O) groups is 1. The molecular weight excluding hydrogens is 236 g/mol. The van der Waals surface area contributed by atoms with Crippen LogP contribution in [0, 0.1) is 5.92 Å². The predicted octanol–water partition coefficient (Wildman–Crippen LogP) is 1.86. The van der Waals surface area contributed by atoms with Crippen molar-refractivity contribution in [3.63, 3.8) is 0 Å². The zero-order valence-corrected chi connectivity index (χ0v) is 10.9. The smallest absolute Gasteiger partial charge is 0.280 e. The van der Waals surface area contributed by atoms with Crippen molar-refractivity contribution in [2.24, 2.45) is 5.92 Å². The predicted molar refractivity (Wildman–Crippen MR) is 67.4 cm³/mol. The van der Waals surface area contributed by atoms with Crippen molar-refractivity contribution in [1.82, 2.24) is 10.3 Å². The van der Waals surface area contributed by atoms with Gasteiger partial charge in [0.15, 0.2) is 5.01 Å². The van der Waals surface area contributed by atoms with Crippen LogP contribution in [0.4, 0.5) is 0 Å². The summed E-state index contributed by atoms with van der Waals surface area (Å²) >= 11 is 1.47. The third kappa shape index (κ3) is 3.51. The van der Waals surface area contributed by atoms with E-state index in [1.807, 2.05) is 0 Å². The minimum Gasteiger partial charge on any atom is -0.381 e. The number of ether oxygens (including phenoxy) is 1. The normalized spacial score (nSPS) is 20.2. The first-order valence-electron chi connectivity index (χ1n) is 6.10. The van der Waals surface area contributed by atoms with Gasteiger partial charge in [-0.1, -0.05) is 6.92 Å². The lowest BCUT2D eigenvalue weighted by Crippen LogP contribution is -2.33. The zero-order valence-electron chi connectivity index (χ0n) is 10.1. The maximum atomic E-state index is 11.8. The largest absolute Gasteiger partial charge is 0.381 e. The van der Waals surface area contributed by atoms with Crippen LogP contribution >= 0.6 is 11.3 Å². The molecule has 1 N–H and O–H groups in total. The summed E-state index contributed by atoms with van der Waals surface area (Å²) < 4.78 is 5.38. The van der Waals surface area contributed by atoms with Gasteiger partial charge in [-0.15, -0.1) is 11.3 Å². The van der Waals surface area contributed by atoms with Crippen LogP contribution in [-0.2, 0) is 11.2 Å². The first kappa shape index (κ1) is 12.5. The van der Waals surface area contributed by atoms with E-state index >= 15 is 0 Å². The standard InChI is InChI=1S/C12H18N2O2S/c1-2-10-7-14-12(17-10)11(15)13-6-9-4-3-5-16-8-9/h7,9H,2-6,8H2,1H3,(H,13,15). The highest BCUT2D eigenvalue weighted by Gasteiger charge is 2.16. The Bertz CT molecular complexity index is 372. The third-order valence-electron chi connectivity index (χ3n) is 2.90. The molecule has 2 heterocycles. The van der Waals surface area contributed by atoms with Gasteiger partial charge in [0.1, 0.15) is 0 Å². The summed E-state index contributed by atoms with van der Waals surface area (Å²) in [7, 11) is 0. The number of nitrogens with one attached hydrogen (secondary N) is 1. The van der Waals surface area contributed by atoms with E-state index < -0.39 is 0 Å². The van der Waals surface area contributed by atoms with E-state index in [9.17, 15) is 4.79 Å². The summed E-state index contributed by atoms with van der Waals surface area (Å²) in [6, 6.07) is 0. The number of hydrogen-bond acceptors (Lipinski definition) is 4. The van der Waals surface area contributed by atoms with Gasteiger partial charge in [0.25, 0.3) is 5.91 Å². The third-order valence-corrected chi connectivity index (χ3v) is 4.04. The van der Waals surface area contributed by atoms with E-state index in [2.05, 4.69) is 17.2 Å². The van der Waals surface area contributed by atoms with Gasteiger partial charge in [0.05, 0.1) is 6.61 Å². The minimum atomic E-state index is -0.0553. The van der Waals surface area contributed by atoms with E-state index in [-0.39, 0.29) is 5.91 Å². The van der Waals surface area contributed by atoms with Crippen molar-refractivity contribution < 1.29 is 9.53 Å². The molecule has 1 unspecified atom stereocenters. The fourth-order valence-electron chi connectivity index (χ4n) is 1.86. The number of nitrogens with zero attached hydrogens (tertiary/aromatic N) is 1. The molecule has 5 heteroatoms. The number of hydrogen-bond donors (Lipinski definition) is 1. The number of aromatic nitrogens is 1. The van der Waals surface area contributed by atoms with Crippen LogP contribution < -0.4 is 5.32 Å². The molecule has 1 atom stereocenters. The molecule has 1 aliphatic rings. The molecule has 1 aromatic heterocycles. The maximum absolute atomic E-state index is 11.8. The van der Waals surface area contributed by atoms with Crippen LogP contribution in [0.3, 0.4) is 0 Å². The van der Waals surface area contributed by atoms with Crippen LogP contribution in [0.2, 0.25) is 0 Å². The zero-order chi connectivity index (χ0) is 12.1. The first-order chi connectivity index (χ1) is 8.29. The van der Waals surface area contributed by atoms with E-state index in [1.165, 1.54) is 11.3 Å². The fourth-order valence-corrected chi connectivity index (χ4v) is 2.63. The number of thiazole rings is 1. The van der Waals surface area contributed by atoms with Gasteiger partial charge >= 0.3 is 0 Å². The molecule has 2 rings (SSSR count). The second kappa shape index (κ2) is 6.12. The van der Waals surface area contributed by atoms with Crippen LogP contribution in [0.5, 0.6) is 0 Å². The van der Waals surface area contributed by atoms with Gasteiger partial charge in [-0.25, -0.2) is 4.98 Å². The first-order valence-corrected chi connectivity index (χ1v) is 6.92. The molecule has 1 fully saturated rings. The molecule has 4 nitrogen and oxygen atoms in total. The Morgan fingerprint density at radius 2 is 2.59 bits per heavy atom. The van der Waals surface area contributed by atoms with Crippen LogP contribution in [0.25, 0.3) is 0 Å². The van der Waals surface area contributed by atoms with Crippen molar-refractivity contribution in [2.75, 3.05) is 19.8 Å². The van der Waals surface area contributed by atoms with E-state index in [0.29, 0.717) is 17.5 Å². The fraction of sp³-hybridized carbons (Fsp3) is 0.667. The molecule has 0 aromatic carbocycles. The molecule has 0 bridgehead atoms. The molecular formula is C12H18N2O2S. The molecule has 0 aliphatic carbocycles. The number of rotatable bonds is 4. The minimum absolute atomic E-state index is 0.0553. The Kier molecular flexibility index (Phi) is 4.50. The Labute approximate surface area is 105 Å². The SMILES string of the molecule is CCc1cnc(C(=O)NCC2CCCOC2)s1. The summed E-state index contributed by atoms with van der Waals surface area (Å²) in [4.78, 5) is 17.1. The highest BCUT2D eigenvalue weighted by atomic mass is 32.1. The van der Waals surface area contributed by atoms with E-state index in [0.717, 1.165) is 37.4 Å². The molecule has 1 saturated heterocycles. The molecule has 1 aliphatic heterocycles. The molecule has 0 radical (unpaired) electrons. The molecule has 0 saturated carbocycles. The quantitative estimate of drug-likeness (QED) is 0.892. The monoisotopic (exact) mass is 254 g/mol. The molecule has 1 aromatic rings. The number of amides is 1. The van der Waals surface area contributed by atoms with Crippen molar-refractivity contribution in [3.8, 4) is 0 Å². The second-order valence-electron chi connectivity index (χ2n) is 4.28. The molecule has 94 valence electrons. The van der Waals surface area contributed by atoms with Crippen molar-refractivity contribution in [1.29, 1.82) is 0 Å². The summed E-state index contributed by atoms with van der Waals surface area (Å²) in [5, 5.41) is 3.50. The van der Waals surface area contributed by atoms with Crippen LogP contribution in [-0.4, -0.2) is 30.6 Å². The summed E-state index contributed by atoms with van der Waals surface area (Å²) in [6.45, 7) is 4.38. The lowest BCUT2D eigenvalue weighted by atomic mass is 10.0. The topological polar surface area (TPSA) is 51.2 Å². The summed E-state index contributed by atoms with van der Waals surface area (Å²) in [5.41, 5.74) is 0. The number of aryl methyl sites for hydroxylation is 1. The lowest BCUT2D eigenvalue weighted by Gasteiger charge is -2.21. The summed E-state index contributed by atoms with van der Waals surface area (Å²) in [5.74, 6) is 0.401. The van der Waals surface area contributed by atoms with Gasteiger partial charge < -0.3 is 10.1 Å².